The third-order valence-electron chi connectivity index (χ3n) is 2.86. The van der Waals surface area contributed by atoms with Crippen LogP contribution in [0.15, 0.2) is 52.1 Å². The zero-order chi connectivity index (χ0) is 15.3. The summed E-state index contributed by atoms with van der Waals surface area (Å²) in [7, 11) is -3.61. The number of nitrogens with one attached hydrogen (secondary N) is 1. The Morgan fingerprint density at radius 3 is 2.48 bits per heavy atom. The van der Waals surface area contributed by atoms with Crippen molar-refractivity contribution in [1.29, 1.82) is 0 Å². The second-order valence-electron chi connectivity index (χ2n) is 4.23. The number of thiophene rings is 1. The molecule has 1 aromatic carbocycles. The Labute approximate surface area is 128 Å². The van der Waals surface area contributed by atoms with Crippen LogP contribution in [0.2, 0.25) is 0 Å². The molecule has 0 radical (unpaired) electrons. The molecule has 112 valence electrons. The van der Waals surface area contributed by atoms with Crippen LogP contribution in [0.4, 0.5) is 5.69 Å². The molecule has 1 amide bonds. The van der Waals surface area contributed by atoms with Crippen LogP contribution in [-0.4, -0.2) is 27.4 Å². The summed E-state index contributed by atoms with van der Waals surface area (Å²) in [6.07, 6.45) is 0. The largest absolute Gasteiger partial charge is 0.312 e. The van der Waals surface area contributed by atoms with Gasteiger partial charge in [-0.25, -0.2) is 13.1 Å². The van der Waals surface area contributed by atoms with Crippen molar-refractivity contribution in [1.82, 2.24) is 4.72 Å². The van der Waals surface area contributed by atoms with Gasteiger partial charge in [-0.1, -0.05) is 24.3 Å². The summed E-state index contributed by atoms with van der Waals surface area (Å²) >= 11 is 1.12. The van der Waals surface area contributed by atoms with E-state index in [1.54, 1.807) is 11.4 Å². The van der Waals surface area contributed by atoms with Crippen LogP contribution in [-0.2, 0) is 14.8 Å². The van der Waals surface area contributed by atoms with E-state index in [1.165, 1.54) is 11.0 Å². The van der Waals surface area contributed by atoms with Gasteiger partial charge in [0.15, 0.2) is 0 Å². The maximum Gasteiger partial charge on any atom is 0.250 e. The molecule has 5 nitrogen and oxygen atoms in total. The molecule has 2 aromatic rings. The molecule has 0 aliphatic heterocycles. The molecule has 0 spiro atoms. The predicted molar refractivity (Wildman–Crippen MR) is 84.0 cm³/mol. The Bertz CT molecular complexity index is 682. The van der Waals surface area contributed by atoms with Gasteiger partial charge in [-0.05, 0) is 30.5 Å². The molecule has 0 unspecified atom stereocenters. The Balaban J connectivity index is 2.04. The van der Waals surface area contributed by atoms with Crippen molar-refractivity contribution < 1.29 is 13.2 Å². The van der Waals surface area contributed by atoms with Crippen LogP contribution < -0.4 is 9.62 Å². The van der Waals surface area contributed by atoms with Gasteiger partial charge in [0.1, 0.15) is 4.21 Å². The number of hydrogen-bond donors (Lipinski definition) is 1. The molecule has 1 aromatic heterocycles. The van der Waals surface area contributed by atoms with E-state index in [4.69, 9.17) is 0 Å². The number of rotatable bonds is 6. The predicted octanol–water partition coefficient (Wildman–Crippen LogP) is 2.08. The lowest BCUT2D eigenvalue weighted by Crippen LogP contribution is -2.40. The second-order valence-corrected chi connectivity index (χ2v) is 7.17. The van der Waals surface area contributed by atoms with Gasteiger partial charge in [0.25, 0.3) is 10.0 Å². The maximum absolute atomic E-state index is 12.2. The quantitative estimate of drug-likeness (QED) is 0.884. The fourth-order valence-corrected chi connectivity index (χ4v) is 3.86. The highest BCUT2D eigenvalue weighted by Gasteiger charge is 2.19. The van der Waals surface area contributed by atoms with Crippen LogP contribution in [0.1, 0.15) is 6.92 Å². The third kappa shape index (κ3) is 3.90. The molecular weight excluding hydrogens is 308 g/mol. The van der Waals surface area contributed by atoms with Crippen LogP contribution in [0.25, 0.3) is 0 Å². The van der Waals surface area contributed by atoms with Gasteiger partial charge in [0.2, 0.25) is 5.91 Å². The monoisotopic (exact) mass is 324 g/mol. The lowest BCUT2D eigenvalue weighted by molar-refractivity contribution is -0.117. The topological polar surface area (TPSA) is 66.5 Å². The molecule has 7 heteroatoms. The normalized spacial score (nSPS) is 11.3. The number of hydrogen-bond acceptors (Lipinski definition) is 4. The van der Waals surface area contributed by atoms with Gasteiger partial charge in [-0.2, -0.15) is 0 Å². The number of benzene rings is 1. The zero-order valence-corrected chi connectivity index (χ0v) is 13.2. The number of carbonyl (C=O) groups is 1. The highest BCUT2D eigenvalue weighted by Crippen LogP contribution is 2.16. The molecule has 21 heavy (non-hydrogen) atoms. The second kappa shape index (κ2) is 6.84. The summed E-state index contributed by atoms with van der Waals surface area (Å²) in [6.45, 7) is 2.06. The number of anilines is 1. The summed E-state index contributed by atoms with van der Waals surface area (Å²) < 4.78 is 26.5. The Hall–Kier alpha value is -1.70. The maximum atomic E-state index is 12.2. The lowest BCUT2D eigenvalue weighted by Gasteiger charge is -2.21. The van der Waals surface area contributed by atoms with Crippen molar-refractivity contribution in [2.75, 3.05) is 18.0 Å². The minimum atomic E-state index is -3.61. The van der Waals surface area contributed by atoms with Gasteiger partial charge < -0.3 is 4.90 Å². The van der Waals surface area contributed by atoms with Crippen molar-refractivity contribution in [3.05, 3.63) is 47.8 Å². The summed E-state index contributed by atoms with van der Waals surface area (Å²) in [4.78, 5) is 13.7. The first-order valence-corrected chi connectivity index (χ1v) is 8.79. The van der Waals surface area contributed by atoms with E-state index in [1.807, 2.05) is 37.3 Å². The Morgan fingerprint density at radius 1 is 1.19 bits per heavy atom. The highest BCUT2D eigenvalue weighted by molar-refractivity contribution is 7.91. The molecule has 0 saturated carbocycles. The van der Waals surface area contributed by atoms with Crippen LogP contribution in [0.5, 0.6) is 0 Å². The van der Waals surface area contributed by atoms with E-state index < -0.39 is 10.0 Å². The first-order chi connectivity index (χ1) is 10.0. The molecule has 0 atom stereocenters. The number of amides is 1. The van der Waals surface area contributed by atoms with Crippen molar-refractivity contribution >= 4 is 33.0 Å². The van der Waals surface area contributed by atoms with Gasteiger partial charge in [-0.3, -0.25) is 4.79 Å². The number of carbonyl (C=O) groups excluding carboxylic acids is 1. The van der Waals surface area contributed by atoms with Crippen LogP contribution in [0, 0.1) is 0 Å². The molecule has 2 rings (SSSR count). The summed E-state index contributed by atoms with van der Waals surface area (Å²) in [5.74, 6) is -0.288. The molecule has 0 fully saturated rings. The van der Waals surface area contributed by atoms with Gasteiger partial charge in [-0.15, -0.1) is 11.3 Å². The number of likely N-dealkylation sites (N-methyl/N-ethyl adjacent to an activating group) is 1. The molecule has 1 N–H and O–H groups in total. The number of nitrogens with zero attached hydrogens (tertiary/aromatic N) is 1. The number of sulfonamides is 1. The minimum Gasteiger partial charge on any atom is -0.312 e. The summed E-state index contributed by atoms with van der Waals surface area (Å²) in [6, 6.07) is 12.3. The van der Waals surface area contributed by atoms with Crippen molar-refractivity contribution in [2.45, 2.75) is 11.1 Å². The Kier molecular flexibility index (Phi) is 5.11. The first kappa shape index (κ1) is 15.7. The van der Waals surface area contributed by atoms with Crippen molar-refractivity contribution in [3.8, 4) is 0 Å². The summed E-state index contributed by atoms with van der Waals surface area (Å²) in [5.41, 5.74) is 0.750. The van der Waals surface area contributed by atoms with E-state index >= 15 is 0 Å². The molecule has 0 aliphatic carbocycles. The average Bonchev–Trinajstić information content (AvgIpc) is 3.02. The molecular formula is C14H16N2O3S2. The van der Waals surface area contributed by atoms with Gasteiger partial charge in [0.05, 0.1) is 6.54 Å². The molecule has 1 heterocycles. The standard InChI is InChI=1S/C14H16N2O3S2/c1-2-16(12-7-4-3-5-8-12)13(17)11-15-21(18,19)14-9-6-10-20-14/h3-10,15H,2,11H2,1H3. The fraction of sp³-hybridized carbons (Fsp3) is 0.214. The fourth-order valence-electron chi connectivity index (χ4n) is 1.85. The van der Waals surface area contributed by atoms with E-state index in [0.29, 0.717) is 6.54 Å². The smallest absolute Gasteiger partial charge is 0.250 e. The van der Waals surface area contributed by atoms with Gasteiger partial charge in [0, 0.05) is 12.2 Å². The van der Waals surface area contributed by atoms with Crippen LogP contribution in [0.3, 0.4) is 0 Å². The van der Waals surface area contributed by atoms with E-state index in [0.717, 1.165) is 17.0 Å². The van der Waals surface area contributed by atoms with Gasteiger partial charge >= 0.3 is 0 Å². The third-order valence-corrected chi connectivity index (χ3v) is 5.66. The molecule has 0 saturated heterocycles. The lowest BCUT2D eigenvalue weighted by atomic mass is 10.3. The van der Waals surface area contributed by atoms with Crippen molar-refractivity contribution in [3.63, 3.8) is 0 Å². The molecule has 0 aliphatic rings. The highest BCUT2D eigenvalue weighted by atomic mass is 32.2. The van der Waals surface area contributed by atoms with Crippen molar-refractivity contribution in [2.24, 2.45) is 0 Å². The SMILES string of the molecule is CCN(C(=O)CNS(=O)(=O)c1cccs1)c1ccccc1. The first-order valence-electron chi connectivity index (χ1n) is 6.43. The average molecular weight is 324 g/mol. The Morgan fingerprint density at radius 2 is 1.90 bits per heavy atom. The zero-order valence-electron chi connectivity index (χ0n) is 11.5. The molecule has 0 bridgehead atoms. The van der Waals surface area contributed by atoms with Crippen LogP contribution >= 0.6 is 11.3 Å². The van der Waals surface area contributed by atoms with E-state index in [9.17, 15) is 13.2 Å². The number of para-hydroxylation sites is 1. The summed E-state index contributed by atoms with van der Waals surface area (Å²) in [5, 5.41) is 1.68. The van der Waals surface area contributed by atoms with E-state index in [-0.39, 0.29) is 16.7 Å². The van der Waals surface area contributed by atoms with E-state index in [2.05, 4.69) is 4.72 Å². The minimum absolute atomic E-state index is 0.207.